The van der Waals surface area contributed by atoms with Crippen molar-refractivity contribution < 1.29 is 8.42 Å². The van der Waals surface area contributed by atoms with Crippen molar-refractivity contribution in [2.45, 2.75) is 24.8 Å². The van der Waals surface area contributed by atoms with Crippen LogP contribution in [0.25, 0.3) is 0 Å². The predicted molar refractivity (Wildman–Crippen MR) is 91.1 cm³/mol. The molecule has 0 unspecified atom stereocenters. The highest BCUT2D eigenvalue weighted by atomic mass is 35.5. The summed E-state index contributed by atoms with van der Waals surface area (Å²) in [5.41, 5.74) is 3.96. The van der Waals surface area contributed by atoms with Crippen LogP contribution >= 0.6 is 12.4 Å². The summed E-state index contributed by atoms with van der Waals surface area (Å²) in [6.07, 6.45) is 0.945. The Bertz CT molecular complexity index is 758. The maximum atomic E-state index is 12.4. The van der Waals surface area contributed by atoms with Gasteiger partial charge < -0.3 is 5.32 Å². The van der Waals surface area contributed by atoms with Gasteiger partial charge in [0.05, 0.1) is 4.90 Å². The first-order valence-corrected chi connectivity index (χ1v) is 8.45. The largest absolute Gasteiger partial charge is 0.312 e. The molecule has 118 valence electrons. The summed E-state index contributed by atoms with van der Waals surface area (Å²) in [5, 5.41) is 3.26. The summed E-state index contributed by atoms with van der Waals surface area (Å²) in [4.78, 5) is 0.311. The zero-order valence-electron chi connectivity index (χ0n) is 12.3. The second kappa shape index (κ2) is 6.69. The van der Waals surface area contributed by atoms with Gasteiger partial charge in [-0.05, 0) is 55.3 Å². The SMILES string of the molecule is Cc1ccc(NS(=O)(=O)c2ccc3c(c2)CNCC3)cc1.Cl. The molecule has 0 spiro atoms. The summed E-state index contributed by atoms with van der Waals surface area (Å²) in [6.45, 7) is 3.64. The molecule has 0 saturated carbocycles. The third-order valence-electron chi connectivity index (χ3n) is 3.68. The summed E-state index contributed by atoms with van der Waals surface area (Å²) < 4.78 is 27.5. The van der Waals surface area contributed by atoms with Crippen LogP contribution in [0.4, 0.5) is 5.69 Å². The quantitative estimate of drug-likeness (QED) is 0.904. The van der Waals surface area contributed by atoms with Crippen molar-refractivity contribution in [1.82, 2.24) is 5.32 Å². The Hall–Kier alpha value is -1.56. The highest BCUT2D eigenvalue weighted by Gasteiger charge is 2.17. The number of benzene rings is 2. The minimum atomic E-state index is -3.54. The van der Waals surface area contributed by atoms with Crippen molar-refractivity contribution in [2.24, 2.45) is 0 Å². The van der Waals surface area contributed by atoms with Gasteiger partial charge in [-0.1, -0.05) is 23.8 Å². The van der Waals surface area contributed by atoms with Gasteiger partial charge in [0.1, 0.15) is 0 Å². The molecule has 0 aliphatic carbocycles. The lowest BCUT2D eigenvalue weighted by molar-refractivity contribution is 0.599. The van der Waals surface area contributed by atoms with Gasteiger partial charge in [0.25, 0.3) is 10.0 Å². The van der Waals surface area contributed by atoms with Crippen LogP contribution in [0, 0.1) is 6.92 Å². The molecule has 1 heterocycles. The van der Waals surface area contributed by atoms with E-state index in [1.54, 1.807) is 24.3 Å². The number of hydrogen-bond acceptors (Lipinski definition) is 3. The molecular weight excluding hydrogens is 320 g/mol. The van der Waals surface area contributed by atoms with Gasteiger partial charge in [0.15, 0.2) is 0 Å². The van der Waals surface area contributed by atoms with E-state index >= 15 is 0 Å². The lowest BCUT2D eigenvalue weighted by Crippen LogP contribution is -2.24. The van der Waals surface area contributed by atoms with Gasteiger partial charge in [-0.15, -0.1) is 12.4 Å². The molecular formula is C16H19ClN2O2S. The summed E-state index contributed by atoms with van der Waals surface area (Å²) in [7, 11) is -3.54. The van der Waals surface area contributed by atoms with Crippen LogP contribution in [0.15, 0.2) is 47.4 Å². The van der Waals surface area contributed by atoms with E-state index in [0.29, 0.717) is 10.6 Å². The molecule has 2 aromatic carbocycles. The van der Waals surface area contributed by atoms with Gasteiger partial charge >= 0.3 is 0 Å². The molecule has 4 nitrogen and oxygen atoms in total. The first kappa shape index (κ1) is 16.8. The highest BCUT2D eigenvalue weighted by molar-refractivity contribution is 7.92. The van der Waals surface area contributed by atoms with Crippen molar-refractivity contribution >= 4 is 28.1 Å². The van der Waals surface area contributed by atoms with Gasteiger partial charge in [0, 0.05) is 12.2 Å². The smallest absolute Gasteiger partial charge is 0.261 e. The average molecular weight is 339 g/mol. The lowest BCUT2D eigenvalue weighted by atomic mass is 10.0. The van der Waals surface area contributed by atoms with E-state index in [9.17, 15) is 8.42 Å². The summed E-state index contributed by atoms with van der Waals surface area (Å²) in [5.74, 6) is 0. The highest BCUT2D eigenvalue weighted by Crippen LogP contribution is 2.21. The number of sulfonamides is 1. The predicted octanol–water partition coefficient (Wildman–Crippen LogP) is 2.86. The van der Waals surface area contributed by atoms with Crippen LogP contribution in [-0.4, -0.2) is 15.0 Å². The molecule has 2 aromatic rings. The van der Waals surface area contributed by atoms with Gasteiger partial charge in [-0.3, -0.25) is 4.72 Å². The van der Waals surface area contributed by atoms with E-state index in [1.807, 2.05) is 25.1 Å². The zero-order valence-corrected chi connectivity index (χ0v) is 13.9. The van der Waals surface area contributed by atoms with Crippen LogP contribution in [-0.2, 0) is 23.0 Å². The minimum Gasteiger partial charge on any atom is -0.312 e. The molecule has 22 heavy (non-hydrogen) atoms. The topological polar surface area (TPSA) is 58.2 Å². The molecule has 3 rings (SSSR count). The molecule has 2 N–H and O–H groups in total. The Morgan fingerprint density at radius 3 is 2.50 bits per heavy atom. The zero-order chi connectivity index (χ0) is 14.9. The monoisotopic (exact) mass is 338 g/mol. The molecule has 6 heteroatoms. The standard InChI is InChI=1S/C16H18N2O2S.ClH/c1-12-2-5-15(6-3-12)18-21(19,20)16-7-4-13-8-9-17-11-14(13)10-16;/h2-7,10,17-18H,8-9,11H2,1H3;1H. The second-order valence-corrected chi connectivity index (χ2v) is 7.01. The Morgan fingerprint density at radius 2 is 1.77 bits per heavy atom. The van der Waals surface area contributed by atoms with Crippen molar-refractivity contribution in [3.8, 4) is 0 Å². The van der Waals surface area contributed by atoms with Crippen LogP contribution in [0.1, 0.15) is 16.7 Å². The Labute approximate surface area is 137 Å². The van der Waals surface area contributed by atoms with Crippen molar-refractivity contribution in [3.63, 3.8) is 0 Å². The Kier molecular flexibility index (Phi) is 5.11. The van der Waals surface area contributed by atoms with Crippen LogP contribution < -0.4 is 10.0 Å². The van der Waals surface area contributed by atoms with Gasteiger partial charge in [0.2, 0.25) is 0 Å². The van der Waals surface area contributed by atoms with Crippen molar-refractivity contribution in [1.29, 1.82) is 0 Å². The van der Waals surface area contributed by atoms with E-state index in [2.05, 4.69) is 10.0 Å². The molecule has 0 atom stereocenters. The fourth-order valence-electron chi connectivity index (χ4n) is 2.46. The van der Waals surface area contributed by atoms with E-state index in [4.69, 9.17) is 0 Å². The molecule has 0 fully saturated rings. The molecule has 0 bridgehead atoms. The normalized spacial score (nSPS) is 13.9. The number of hydrogen-bond donors (Lipinski definition) is 2. The molecule has 1 aliphatic rings. The van der Waals surface area contributed by atoms with Crippen LogP contribution in [0.2, 0.25) is 0 Å². The first-order valence-electron chi connectivity index (χ1n) is 6.97. The van der Waals surface area contributed by atoms with Crippen molar-refractivity contribution in [2.75, 3.05) is 11.3 Å². The average Bonchev–Trinajstić information content (AvgIpc) is 2.49. The number of halogens is 1. The Morgan fingerprint density at radius 1 is 1.05 bits per heavy atom. The second-order valence-electron chi connectivity index (χ2n) is 5.33. The van der Waals surface area contributed by atoms with E-state index in [0.717, 1.165) is 30.6 Å². The van der Waals surface area contributed by atoms with Gasteiger partial charge in [-0.25, -0.2) is 8.42 Å². The minimum absolute atomic E-state index is 0. The fourth-order valence-corrected chi connectivity index (χ4v) is 3.57. The maximum Gasteiger partial charge on any atom is 0.261 e. The number of aryl methyl sites for hydroxylation is 1. The third-order valence-corrected chi connectivity index (χ3v) is 5.06. The number of anilines is 1. The van der Waals surface area contributed by atoms with Crippen molar-refractivity contribution in [3.05, 3.63) is 59.2 Å². The molecule has 0 saturated heterocycles. The molecule has 0 amide bonds. The van der Waals surface area contributed by atoms with E-state index < -0.39 is 10.0 Å². The molecule has 1 aliphatic heterocycles. The van der Waals surface area contributed by atoms with E-state index in [-0.39, 0.29) is 12.4 Å². The maximum absolute atomic E-state index is 12.4. The lowest BCUT2D eigenvalue weighted by Gasteiger charge is -2.18. The number of fused-ring (bicyclic) bond motifs is 1. The molecule has 0 radical (unpaired) electrons. The summed E-state index contributed by atoms with van der Waals surface area (Å²) in [6, 6.07) is 12.7. The van der Waals surface area contributed by atoms with Crippen LogP contribution in [0.3, 0.4) is 0 Å². The summed E-state index contributed by atoms with van der Waals surface area (Å²) >= 11 is 0. The fraction of sp³-hybridized carbons (Fsp3) is 0.250. The van der Waals surface area contributed by atoms with Gasteiger partial charge in [-0.2, -0.15) is 0 Å². The first-order chi connectivity index (χ1) is 10.0. The Balaban J connectivity index is 0.00000176. The molecule has 0 aromatic heterocycles. The van der Waals surface area contributed by atoms with E-state index in [1.165, 1.54) is 5.56 Å². The third kappa shape index (κ3) is 3.61. The van der Waals surface area contributed by atoms with Crippen LogP contribution in [0.5, 0.6) is 0 Å². The number of nitrogens with one attached hydrogen (secondary N) is 2. The number of rotatable bonds is 3.